The lowest BCUT2D eigenvalue weighted by atomic mass is 9.96. The maximum absolute atomic E-state index is 13.1. The van der Waals surface area contributed by atoms with Gasteiger partial charge >= 0.3 is 0 Å². The summed E-state index contributed by atoms with van der Waals surface area (Å²) in [6.07, 6.45) is 5.17. The Hall–Kier alpha value is -2.64. The third-order valence-electron chi connectivity index (χ3n) is 5.79. The number of nitrogens with zero attached hydrogens (tertiary/aromatic N) is 1. The first kappa shape index (κ1) is 20.6. The highest BCUT2D eigenvalue weighted by molar-refractivity contribution is 7.89. The topological polar surface area (TPSA) is 82.3 Å². The second-order valence-electron chi connectivity index (χ2n) is 7.86. The minimum absolute atomic E-state index is 0.213. The molecule has 2 aromatic carbocycles. The Bertz CT molecular complexity index is 1180. The molecule has 0 spiro atoms. The van der Waals surface area contributed by atoms with Gasteiger partial charge in [0.25, 0.3) is 0 Å². The molecular weight excluding hydrogens is 398 g/mol. The number of sulfonamides is 1. The summed E-state index contributed by atoms with van der Waals surface area (Å²) in [4.78, 5) is 16.0. The Balaban J connectivity index is 1.51. The van der Waals surface area contributed by atoms with Crippen molar-refractivity contribution in [2.24, 2.45) is 0 Å². The van der Waals surface area contributed by atoms with Crippen LogP contribution in [0.2, 0.25) is 0 Å². The third kappa shape index (κ3) is 4.00. The van der Waals surface area contributed by atoms with Gasteiger partial charge in [-0.15, -0.1) is 0 Å². The molecule has 1 amide bonds. The van der Waals surface area contributed by atoms with Gasteiger partial charge in [0.2, 0.25) is 15.9 Å². The fourth-order valence-corrected chi connectivity index (χ4v) is 5.19. The zero-order valence-electron chi connectivity index (χ0n) is 17.4. The zero-order valence-corrected chi connectivity index (χ0v) is 18.2. The van der Waals surface area contributed by atoms with Crippen LogP contribution < -0.4 is 5.32 Å². The Kier molecular flexibility index (Phi) is 5.66. The van der Waals surface area contributed by atoms with E-state index in [1.165, 1.54) is 23.9 Å². The van der Waals surface area contributed by atoms with E-state index in [1.807, 2.05) is 30.3 Å². The van der Waals surface area contributed by atoms with E-state index in [-0.39, 0.29) is 17.3 Å². The number of carbonyl (C=O) groups is 1. The number of fused-ring (bicyclic) bond motifs is 3. The van der Waals surface area contributed by atoms with Gasteiger partial charge in [-0.2, -0.15) is 4.31 Å². The lowest BCUT2D eigenvalue weighted by Crippen LogP contribution is -2.34. The van der Waals surface area contributed by atoms with Gasteiger partial charge in [0.05, 0.1) is 11.4 Å². The second-order valence-corrected chi connectivity index (χ2v) is 9.90. The fourth-order valence-electron chi connectivity index (χ4n) is 4.04. The Morgan fingerprint density at radius 2 is 1.83 bits per heavy atom. The smallest absolute Gasteiger partial charge is 0.243 e. The van der Waals surface area contributed by atoms with Gasteiger partial charge in [-0.05, 0) is 73.6 Å². The molecule has 1 heterocycles. The van der Waals surface area contributed by atoms with Crippen LogP contribution in [0.5, 0.6) is 0 Å². The average molecular weight is 426 g/mol. The van der Waals surface area contributed by atoms with Crippen LogP contribution in [0.3, 0.4) is 0 Å². The zero-order chi connectivity index (χ0) is 21.3. The van der Waals surface area contributed by atoms with E-state index in [0.717, 1.165) is 47.3 Å². The van der Waals surface area contributed by atoms with Gasteiger partial charge in [0, 0.05) is 29.3 Å². The van der Waals surface area contributed by atoms with E-state index in [2.05, 4.69) is 17.2 Å². The predicted molar refractivity (Wildman–Crippen MR) is 119 cm³/mol. The summed E-state index contributed by atoms with van der Waals surface area (Å²) >= 11 is 0. The van der Waals surface area contributed by atoms with Gasteiger partial charge < -0.3 is 10.3 Å². The Labute approximate surface area is 177 Å². The molecule has 30 heavy (non-hydrogen) atoms. The molecule has 1 aromatic heterocycles. The van der Waals surface area contributed by atoms with E-state index < -0.39 is 10.0 Å². The number of amides is 1. The third-order valence-corrected chi connectivity index (χ3v) is 7.59. The Morgan fingerprint density at radius 1 is 1.10 bits per heavy atom. The minimum atomic E-state index is -3.77. The van der Waals surface area contributed by atoms with E-state index in [4.69, 9.17) is 0 Å². The standard InChI is InChI=1S/C23H27N3O3S/c1-3-16-8-10-17(11-9-16)24-23(27)15-26(2)30(28,29)18-12-13-22-20(14-18)19-6-4-5-7-21(19)25-22/h8-14,25H,3-7,15H2,1-2H3,(H,24,27). The normalized spacial score (nSPS) is 14.1. The van der Waals surface area contributed by atoms with Gasteiger partial charge in [-0.25, -0.2) is 8.42 Å². The monoisotopic (exact) mass is 425 g/mol. The highest BCUT2D eigenvalue weighted by Crippen LogP contribution is 2.31. The second kappa shape index (κ2) is 8.24. The van der Waals surface area contributed by atoms with Crippen LogP contribution in [0, 0.1) is 0 Å². The number of anilines is 1. The van der Waals surface area contributed by atoms with Gasteiger partial charge in [-0.3, -0.25) is 4.79 Å². The molecule has 4 rings (SSSR count). The first-order valence-electron chi connectivity index (χ1n) is 10.4. The van der Waals surface area contributed by atoms with Crippen molar-refractivity contribution in [2.45, 2.75) is 43.9 Å². The van der Waals surface area contributed by atoms with Crippen molar-refractivity contribution in [1.29, 1.82) is 0 Å². The van der Waals surface area contributed by atoms with Gasteiger partial charge in [0.15, 0.2) is 0 Å². The first-order chi connectivity index (χ1) is 14.4. The number of nitrogens with one attached hydrogen (secondary N) is 2. The van der Waals surface area contributed by atoms with Crippen molar-refractivity contribution in [3.63, 3.8) is 0 Å². The number of hydrogen-bond donors (Lipinski definition) is 2. The first-order valence-corrected chi connectivity index (χ1v) is 11.8. The van der Waals surface area contributed by atoms with Crippen molar-refractivity contribution in [3.05, 3.63) is 59.3 Å². The number of aromatic nitrogens is 1. The molecule has 7 heteroatoms. The maximum Gasteiger partial charge on any atom is 0.243 e. The summed E-state index contributed by atoms with van der Waals surface area (Å²) in [6, 6.07) is 12.7. The van der Waals surface area contributed by atoms with Crippen LogP contribution in [0.25, 0.3) is 10.9 Å². The molecule has 3 aromatic rings. The molecule has 0 unspecified atom stereocenters. The van der Waals surface area contributed by atoms with E-state index in [1.54, 1.807) is 12.1 Å². The number of aryl methyl sites for hydroxylation is 3. The quantitative estimate of drug-likeness (QED) is 0.629. The molecular formula is C23H27N3O3S. The molecule has 0 bridgehead atoms. The van der Waals surface area contributed by atoms with Crippen LogP contribution in [-0.2, 0) is 34.1 Å². The molecule has 158 valence electrons. The number of aromatic amines is 1. The average Bonchev–Trinajstić information content (AvgIpc) is 3.12. The Morgan fingerprint density at radius 3 is 2.57 bits per heavy atom. The molecule has 0 saturated heterocycles. The molecule has 2 N–H and O–H groups in total. The summed E-state index contributed by atoms with van der Waals surface area (Å²) in [7, 11) is -2.34. The molecule has 0 radical (unpaired) electrons. The number of likely N-dealkylation sites (N-methyl/N-ethyl adjacent to an activating group) is 1. The number of carbonyl (C=O) groups excluding carboxylic acids is 1. The van der Waals surface area contributed by atoms with Crippen LogP contribution in [0.1, 0.15) is 36.6 Å². The number of H-pyrrole nitrogens is 1. The van der Waals surface area contributed by atoms with E-state index in [0.29, 0.717) is 5.69 Å². The predicted octanol–water partition coefficient (Wildman–Crippen LogP) is 3.87. The summed E-state index contributed by atoms with van der Waals surface area (Å²) in [5.41, 5.74) is 5.24. The van der Waals surface area contributed by atoms with Crippen LogP contribution in [-0.4, -0.2) is 37.2 Å². The van der Waals surface area contributed by atoms with Crippen molar-refractivity contribution < 1.29 is 13.2 Å². The van der Waals surface area contributed by atoms with E-state index in [9.17, 15) is 13.2 Å². The molecule has 0 saturated carbocycles. The van der Waals surface area contributed by atoms with E-state index >= 15 is 0 Å². The number of rotatable bonds is 6. The lowest BCUT2D eigenvalue weighted by Gasteiger charge is -2.17. The molecule has 1 aliphatic carbocycles. The van der Waals surface area contributed by atoms with Gasteiger partial charge in [0.1, 0.15) is 0 Å². The molecule has 6 nitrogen and oxygen atoms in total. The highest BCUT2D eigenvalue weighted by Gasteiger charge is 2.25. The van der Waals surface area contributed by atoms with Crippen molar-refractivity contribution in [1.82, 2.24) is 9.29 Å². The molecule has 0 atom stereocenters. The summed E-state index contributed by atoms with van der Waals surface area (Å²) < 4.78 is 27.2. The van der Waals surface area contributed by atoms with Crippen LogP contribution >= 0.6 is 0 Å². The highest BCUT2D eigenvalue weighted by atomic mass is 32.2. The largest absolute Gasteiger partial charge is 0.358 e. The van der Waals surface area contributed by atoms with Gasteiger partial charge in [-0.1, -0.05) is 19.1 Å². The summed E-state index contributed by atoms with van der Waals surface area (Å²) in [5.74, 6) is -0.370. The molecule has 0 aliphatic heterocycles. The summed E-state index contributed by atoms with van der Waals surface area (Å²) in [5, 5.41) is 3.74. The van der Waals surface area contributed by atoms with Crippen LogP contribution in [0.15, 0.2) is 47.4 Å². The van der Waals surface area contributed by atoms with Crippen molar-refractivity contribution in [3.8, 4) is 0 Å². The summed E-state index contributed by atoms with van der Waals surface area (Å²) in [6.45, 7) is 1.81. The number of benzene rings is 2. The number of hydrogen-bond acceptors (Lipinski definition) is 3. The molecule has 1 aliphatic rings. The van der Waals surface area contributed by atoms with Crippen molar-refractivity contribution in [2.75, 3.05) is 18.9 Å². The SMILES string of the molecule is CCc1ccc(NC(=O)CN(C)S(=O)(=O)c2ccc3[nH]c4c(c3c2)CCCC4)cc1. The lowest BCUT2D eigenvalue weighted by molar-refractivity contribution is -0.116. The van der Waals surface area contributed by atoms with Crippen LogP contribution in [0.4, 0.5) is 5.69 Å². The molecule has 0 fully saturated rings. The van der Waals surface area contributed by atoms with Crippen molar-refractivity contribution >= 4 is 32.5 Å². The fraction of sp³-hybridized carbons (Fsp3) is 0.348. The minimum Gasteiger partial charge on any atom is -0.358 e. The maximum atomic E-state index is 13.1.